The van der Waals surface area contributed by atoms with Crippen LogP contribution in [0, 0.1) is 5.92 Å². The van der Waals surface area contributed by atoms with Crippen LogP contribution in [0.3, 0.4) is 0 Å². The summed E-state index contributed by atoms with van der Waals surface area (Å²) < 4.78 is 0. The van der Waals surface area contributed by atoms with E-state index >= 15 is 0 Å². The van der Waals surface area contributed by atoms with Gasteiger partial charge in [-0.2, -0.15) is 0 Å². The average Bonchev–Trinajstić information content (AvgIpc) is 2.75. The van der Waals surface area contributed by atoms with Crippen LogP contribution < -0.4 is 22.5 Å². The third kappa shape index (κ3) is 14.7. The van der Waals surface area contributed by atoms with E-state index in [4.69, 9.17) is 22.3 Å². The molecule has 0 bridgehead atoms. The first kappa shape index (κ1) is 27.7. The summed E-state index contributed by atoms with van der Waals surface area (Å²) in [4.78, 5) is 31.0. The number of hydrogen-bond donors (Lipinski definition) is 5. The van der Waals surface area contributed by atoms with Crippen molar-refractivity contribution in [3.63, 3.8) is 0 Å². The number of nitrogens with two attached hydrogens (primary N) is 3. The van der Waals surface area contributed by atoms with Gasteiger partial charge in [0.05, 0.1) is 0 Å². The lowest BCUT2D eigenvalue weighted by Gasteiger charge is -2.18. The lowest BCUT2D eigenvalue weighted by Crippen LogP contribution is -2.29. The molecule has 1 aliphatic rings. The van der Waals surface area contributed by atoms with Gasteiger partial charge in [-0.15, -0.1) is 0 Å². The molecule has 170 valence electrons. The second-order valence-electron chi connectivity index (χ2n) is 7.39. The lowest BCUT2D eigenvalue weighted by atomic mass is 9.90. The van der Waals surface area contributed by atoms with E-state index in [9.17, 15) is 14.4 Å². The van der Waals surface area contributed by atoms with E-state index in [1.165, 1.54) is 39.0 Å². The van der Waals surface area contributed by atoms with Crippen LogP contribution in [0.25, 0.3) is 0 Å². The van der Waals surface area contributed by atoms with Gasteiger partial charge >= 0.3 is 5.97 Å². The van der Waals surface area contributed by atoms with E-state index < -0.39 is 12.0 Å². The summed E-state index contributed by atoms with van der Waals surface area (Å²) in [5, 5.41) is 10.9. The fourth-order valence-electron chi connectivity index (χ4n) is 2.90. The molecule has 0 aromatic heterocycles. The number of benzene rings is 1. The predicted octanol–water partition coefficient (Wildman–Crippen LogP) is 2.51. The summed E-state index contributed by atoms with van der Waals surface area (Å²) in [6, 6.07) is 5.96. The first-order valence-electron chi connectivity index (χ1n) is 10.5. The molecular formula is C22H38N4O4. The second kappa shape index (κ2) is 17.6. The van der Waals surface area contributed by atoms with Crippen molar-refractivity contribution >= 4 is 23.9 Å². The summed E-state index contributed by atoms with van der Waals surface area (Å²) >= 11 is 0. The fourth-order valence-corrected chi connectivity index (χ4v) is 2.90. The van der Waals surface area contributed by atoms with Crippen molar-refractivity contribution < 1.29 is 19.5 Å². The number of carboxylic acid groups (broad SMARTS) is 1. The molecule has 0 unspecified atom stereocenters. The van der Waals surface area contributed by atoms with Crippen molar-refractivity contribution in [3.05, 3.63) is 29.8 Å². The maximum atomic E-state index is 10.6. The topological polar surface area (TPSA) is 162 Å². The number of aliphatic carboxylic acids is 1. The molecule has 1 amide bonds. The highest BCUT2D eigenvalue weighted by molar-refractivity contribution is 5.89. The molecule has 8 heteroatoms. The second-order valence-corrected chi connectivity index (χ2v) is 7.39. The van der Waals surface area contributed by atoms with Crippen LogP contribution in [0.15, 0.2) is 24.3 Å². The average molecular weight is 423 g/mol. The fraction of sp³-hybridized carbons (Fsp3) is 0.591. The summed E-state index contributed by atoms with van der Waals surface area (Å²) in [5.41, 5.74) is 17.2. The number of unbranched alkanes of at least 4 members (excludes halogenated alkanes) is 1. The maximum Gasteiger partial charge on any atom is 0.320 e. The Kier molecular flexibility index (Phi) is 16.2. The van der Waals surface area contributed by atoms with Gasteiger partial charge < -0.3 is 27.6 Å². The Labute approximate surface area is 179 Å². The number of amides is 1. The third-order valence-corrected chi connectivity index (χ3v) is 4.71. The molecule has 1 atom stereocenters. The quantitative estimate of drug-likeness (QED) is 0.317. The highest BCUT2D eigenvalue weighted by Crippen LogP contribution is 2.21. The normalized spacial score (nSPS) is 14.3. The van der Waals surface area contributed by atoms with Gasteiger partial charge in [0.25, 0.3) is 0 Å². The number of hydrogen-bond acceptors (Lipinski definition) is 6. The molecular weight excluding hydrogens is 384 g/mol. The van der Waals surface area contributed by atoms with Gasteiger partial charge in [-0.25, -0.2) is 0 Å². The molecule has 0 radical (unpaired) electrons. The van der Waals surface area contributed by atoms with Gasteiger partial charge in [0.2, 0.25) is 5.91 Å². The van der Waals surface area contributed by atoms with Crippen LogP contribution in [0.4, 0.5) is 5.69 Å². The van der Waals surface area contributed by atoms with Crippen molar-refractivity contribution in [2.45, 2.75) is 64.3 Å². The van der Waals surface area contributed by atoms with Crippen molar-refractivity contribution in [3.8, 4) is 0 Å². The number of carbonyl (C=O) groups excluding carboxylic acids is 2. The van der Waals surface area contributed by atoms with Crippen LogP contribution in [0.2, 0.25) is 0 Å². The Balaban J connectivity index is 0.000000429. The Bertz CT molecular complexity index is 602. The van der Waals surface area contributed by atoms with E-state index in [1.54, 1.807) is 24.3 Å². The SMILES string of the molecule is CC(=O)Nc1ccc(C=O)cc1.NCC1CCCCC1.NCCCC[C@H](N)C(=O)O. The lowest BCUT2D eigenvalue weighted by molar-refractivity contribution is -0.138. The molecule has 1 fully saturated rings. The van der Waals surface area contributed by atoms with Crippen LogP contribution in [-0.2, 0) is 9.59 Å². The van der Waals surface area contributed by atoms with Crippen molar-refractivity contribution in [1.82, 2.24) is 0 Å². The van der Waals surface area contributed by atoms with Gasteiger partial charge in [-0.05, 0) is 69.0 Å². The van der Waals surface area contributed by atoms with Gasteiger partial charge in [0.1, 0.15) is 12.3 Å². The molecule has 1 aromatic carbocycles. The Morgan fingerprint density at radius 3 is 2.13 bits per heavy atom. The number of anilines is 1. The van der Waals surface area contributed by atoms with Gasteiger partial charge in [0, 0.05) is 18.2 Å². The van der Waals surface area contributed by atoms with Crippen LogP contribution >= 0.6 is 0 Å². The molecule has 8 nitrogen and oxygen atoms in total. The van der Waals surface area contributed by atoms with Gasteiger partial charge in [-0.3, -0.25) is 14.4 Å². The molecule has 2 rings (SSSR count). The van der Waals surface area contributed by atoms with E-state index in [1.807, 2.05) is 0 Å². The number of aldehydes is 1. The van der Waals surface area contributed by atoms with E-state index in [-0.39, 0.29) is 5.91 Å². The van der Waals surface area contributed by atoms with E-state index in [0.29, 0.717) is 24.2 Å². The molecule has 1 saturated carbocycles. The zero-order valence-electron chi connectivity index (χ0n) is 18.0. The zero-order valence-corrected chi connectivity index (χ0v) is 18.0. The number of carboxylic acids is 1. The highest BCUT2D eigenvalue weighted by Gasteiger charge is 2.10. The summed E-state index contributed by atoms with van der Waals surface area (Å²) in [6.07, 6.45) is 9.97. The van der Waals surface area contributed by atoms with Gasteiger partial charge in [0.15, 0.2) is 0 Å². The highest BCUT2D eigenvalue weighted by atomic mass is 16.4. The van der Waals surface area contributed by atoms with Crippen molar-refractivity contribution in [2.75, 3.05) is 18.4 Å². The maximum absolute atomic E-state index is 10.6. The monoisotopic (exact) mass is 422 g/mol. The third-order valence-electron chi connectivity index (χ3n) is 4.71. The van der Waals surface area contributed by atoms with Crippen LogP contribution in [0.1, 0.15) is 68.6 Å². The summed E-state index contributed by atoms with van der Waals surface area (Å²) in [5.74, 6) is -0.186. The molecule has 0 heterocycles. The molecule has 0 aliphatic heterocycles. The predicted molar refractivity (Wildman–Crippen MR) is 120 cm³/mol. The minimum atomic E-state index is -0.933. The van der Waals surface area contributed by atoms with Gasteiger partial charge in [-0.1, -0.05) is 25.7 Å². The zero-order chi connectivity index (χ0) is 22.8. The van der Waals surface area contributed by atoms with E-state index in [2.05, 4.69) is 5.32 Å². The van der Waals surface area contributed by atoms with Crippen molar-refractivity contribution in [1.29, 1.82) is 0 Å². The molecule has 0 spiro atoms. The Morgan fingerprint density at radius 1 is 1.13 bits per heavy atom. The first-order chi connectivity index (χ1) is 14.3. The Morgan fingerprint density at radius 2 is 1.73 bits per heavy atom. The minimum absolute atomic E-state index is 0.117. The molecule has 0 saturated heterocycles. The number of carbonyl (C=O) groups is 3. The van der Waals surface area contributed by atoms with Crippen LogP contribution in [-0.4, -0.2) is 42.4 Å². The molecule has 30 heavy (non-hydrogen) atoms. The van der Waals surface area contributed by atoms with E-state index in [0.717, 1.165) is 31.6 Å². The Hall–Kier alpha value is -2.29. The molecule has 1 aliphatic carbocycles. The smallest absolute Gasteiger partial charge is 0.320 e. The standard InChI is InChI=1S/C9H9NO2.C7H15N.C6H14N2O2/c1-7(12)10-9-4-2-8(6-11)3-5-9;8-6-7-4-2-1-3-5-7;7-4-2-1-3-5(8)6(9)10/h2-6H,1H3,(H,10,12);7H,1-6,8H2;5H,1-4,7-8H2,(H,9,10)/t;;5-/m..0/s1. The first-order valence-corrected chi connectivity index (χ1v) is 10.5. The number of nitrogens with one attached hydrogen (secondary N) is 1. The minimum Gasteiger partial charge on any atom is -0.480 e. The molecule has 1 aromatic rings. The molecule has 8 N–H and O–H groups in total. The summed E-state index contributed by atoms with van der Waals surface area (Å²) in [7, 11) is 0. The largest absolute Gasteiger partial charge is 0.480 e. The number of rotatable bonds is 8. The van der Waals surface area contributed by atoms with Crippen molar-refractivity contribution in [2.24, 2.45) is 23.1 Å². The summed E-state index contributed by atoms with van der Waals surface area (Å²) in [6.45, 7) is 2.96. The van der Waals surface area contributed by atoms with Crippen LogP contribution in [0.5, 0.6) is 0 Å².